The van der Waals surface area contributed by atoms with Gasteiger partial charge in [0.25, 0.3) is 0 Å². The number of hydrogen-bond acceptors (Lipinski definition) is 7. The number of halogens is 1. The van der Waals surface area contributed by atoms with Crippen LogP contribution in [-0.4, -0.2) is 50.9 Å². The first-order valence-corrected chi connectivity index (χ1v) is 8.51. The summed E-state index contributed by atoms with van der Waals surface area (Å²) in [4.78, 5) is 4.61. The standard InChI is InChI=1S/C14H19ClN6S/c1-10-5-6-13(18-16-10)21-7-3-4-11(8-21)20(2)9-12-14(15)22-19-17-12/h5-6,11H,3-4,7-9H2,1-2H3/t11-/m0/s1. The molecule has 0 saturated carbocycles. The van der Waals surface area contributed by atoms with Gasteiger partial charge >= 0.3 is 0 Å². The minimum Gasteiger partial charge on any atom is -0.354 e. The summed E-state index contributed by atoms with van der Waals surface area (Å²) in [5.41, 5.74) is 1.81. The Morgan fingerprint density at radius 1 is 1.36 bits per heavy atom. The number of hydrogen-bond donors (Lipinski definition) is 0. The molecule has 2 aromatic rings. The van der Waals surface area contributed by atoms with Gasteiger partial charge in [-0.25, -0.2) is 0 Å². The molecule has 1 atom stereocenters. The van der Waals surface area contributed by atoms with E-state index < -0.39 is 0 Å². The lowest BCUT2D eigenvalue weighted by atomic mass is 10.0. The van der Waals surface area contributed by atoms with Gasteiger partial charge in [0, 0.05) is 37.2 Å². The molecule has 0 unspecified atom stereocenters. The molecule has 118 valence electrons. The molecule has 6 nitrogen and oxygen atoms in total. The van der Waals surface area contributed by atoms with Crippen molar-refractivity contribution in [2.24, 2.45) is 0 Å². The number of piperidine rings is 1. The number of anilines is 1. The highest BCUT2D eigenvalue weighted by Gasteiger charge is 2.25. The summed E-state index contributed by atoms with van der Waals surface area (Å²) in [6, 6.07) is 4.51. The Hall–Kier alpha value is -1.31. The molecule has 0 aliphatic carbocycles. The first-order valence-electron chi connectivity index (χ1n) is 7.35. The quantitative estimate of drug-likeness (QED) is 0.853. The van der Waals surface area contributed by atoms with Gasteiger partial charge in [0.05, 0.1) is 5.69 Å². The zero-order valence-electron chi connectivity index (χ0n) is 12.7. The molecule has 0 spiro atoms. The summed E-state index contributed by atoms with van der Waals surface area (Å²) < 4.78 is 4.58. The molecule has 22 heavy (non-hydrogen) atoms. The van der Waals surface area contributed by atoms with Crippen molar-refractivity contribution in [2.45, 2.75) is 32.4 Å². The van der Waals surface area contributed by atoms with Crippen LogP contribution in [0.25, 0.3) is 0 Å². The molecule has 1 aliphatic heterocycles. The van der Waals surface area contributed by atoms with Crippen molar-refractivity contribution >= 4 is 29.0 Å². The second-order valence-electron chi connectivity index (χ2n) is 5.68. The van der Waals surface area contributed by atoms with E-state index in [9.17, 15) is 0 Å². The molecule has 3 rings (SSSR count). The van der Waals surface area contributed by atoms with Crippen LogP contribution in [0.1, 0.15) is 24.2 Å². The summed E-state index contributed by atoms with van der Waals surface area (Å²) in [5, 5.41) is 12.6. The predicted molar refractivity (Wildman–Crippen MR) is 88.4 cm³/mol. The lowest BCUT2D eigenvalue weighted by Crippen LogP contribution is -2.46. The third-order valence-corrected chi connectivity index (χ3v) is 5.02. The van der Waals surface area contributed by atoms with Gasteiger partial charge in [0.1, 0.15) is 10.0 Å². The van der Waals surface area contributed by atoms with Gasteiger partial charge in [-0.05, 0) is 38.9 Å². The third-order valence-electron chi connectivity index (χ3n) is 4.04. The van der Waals surface area contributed by atoms with Crippen molar-refractivity contribution in [1.29, 1.82) is 0 Å². The molecule has 0 aromatic carbocycles. The first kappa shape index (κ1) is 15.6. The van der Waals surface area contributed by atoms with Gasteiger partial charge in [0.15, 0.2) is 5.82 Å². The van der Waals surface area contributed by atoms with Gasteiger partial charge in [-0.3, -0.25) is 4.90 Å². The Morgan fingerprint density at radius 2 is 2.23 bits per heavy atom. The highest BCUT2D eigenvalue weighted by atomic mass is 35.5. The van der Waals surface area contributed by atoms with Crippen LogP contribution in [0.4, 0.5) is 5.82 Å². The molecule has 3 heterocycles. The van der Waals surface area contributed by atoms with Crippen molar-refractivity contribution in [3.63, 3.8) is 0 Å². The van der Waals surface area contributed by atoms with Crippen LogP contribution < -0.4 is 4.90 Å². The van der Waals surface area contributed by atoms with Crippen LogP contribution in [-0.2, 0) is 6.54 Å². The summed E-state index contributed by atoms with van der Waals surface area (Å²) in [7, 11) is 2.12. The molecule has 1 aliphatic rings. The molecule has 0 bridgehead atoms. The fourth-order valence-corrected chi connectivity index (χ4v) is 3.35. The van der Waals surface area contributed by atoms with Gasteiger partial charge < -0.3 is 4.90 Å². The van der Waals surface area contributed by atoms with Crippen LogP contribution in [0.2, 0.25) is 4.34 Å². The topological polar surface area (TPSA) is 58.0 Å². The van der Waals surface area contributed by atoms with E-state index in [4.69, 9.17) is 11.6 Å². The number of likely N-dealkylation sites (N-methyl/N-ethyl adjacent to an activating group) is 1. The number of aromatic nitrogens is 4. The molecule has 0 amide bonds. The van der Waals surface area contributed by atoms with E-state index in [1.165, 1.54) is 18.0 Å². The Labute approximate surface area is 139 Å². The summed E-state index contributed by atoms with van der Waals surface area (Å²) >= 11 is 7.34. The molecule has 0 radical (unpaired) electrons. The van der Waals surface area contributed by atoms with E-state index >= 15 is 0 Å². The molecular weight excluding hydrogens is 320 g/mol. The van der Waals surface area contributed by atoms with Crippen LogP contribution in [0, 0.1) is 6.92 Å². The molecule has 0 N–H and O–H groups in total. The second-order valence-corrected chi connectivity index (χ2v) is 7.04. The second kappa shape index (κ2) is 6.85. The number of rotatable bonds is 4. The monoisotopic (exact) mass is 338 g/mol. The zero-order chi connectivity index (χ0) is 15.5. The maximum Gasteiger partial charge on any atom is 0.151 e. The number of nitrogens with zero attached hydrogens (tertiary/aromatic N) is 6. The van der Waals surface area contributed by atoms with Gasteiger partial charge in [-0.1, -0.05) is 16.1 Å². The maximum absolute atomic E-state index is 6.10. The van der Waals surface area contributed by atoms with Crippen molar-refractivity contribution in [1.82, 2.24) is 24.7 Å². The summed E-state index contributed by atoms with van der Waals surface area (Å²) in [6.07, 6.45) is 2.31. The summed E-state index contributed by atoms with van der Waals surface area (Å²) in [6.45, 7) is 4.66. The lowest BCUT2D eigenvalue weighted by molar-refractivity contribution is 0.205. The van der Waals surface area contributed by atoms with Gasteiger partial charge in [-0.2, -0.15) is 5.10 Å². The minimum atomic E-state index is 0.453. The van der Waals surface area contributed by atoms with E-state index in [-0.39, 0.29) is 0 Å². The smallest absolute Gasteiger partial charge is 0.151 e. The molecule has 1 fully saturated rings. The van der Waals surface area contributed by atoms with E-state index in [2.05, 4.69) is 36.6 Å². The van der Waals surface area contributed by atoms with Crippen molar-refractivity contribution in [3.05, 3.63) is 27.9 Å². The Bertz CT molecular complexity index is 616. The lowest BCUT2D eigenvalue weighted by Gasteiger charge is -2.37. The van der Waals surface area contributed by atoms with Crippen molar-refractivity contribution in [3.8, 4) is 0 Å². The fourth-order valence-electron chi connectivity index (χ4n) is 2.74. The first-order chi connectivity index (χ1) is 10.6. The SMILES string of the molecule is Cc1ccc(N2CCC[C@H](N(C)Cc3nnsc3Cl)C2)nn1. The van der Waals surface area contributed by atoms with Crippen LogP contribution >= 0.6 is 23.1 Å². The van der Waals surface area contributed by atoms with Crippen molar-refractivity contribution < 1.29 is 0 Å². The minimum absolute atomic E-state index is 0.453. The molecule has 8 heteroatoms. The average Bonchev–Trinajstić information content (AvgIpc) is 2.93. The average molecular weight is 339 g/mol. The van der Waals surface area contributed by atoms with E-state index in [1.807, 2.05) is 19.1 Å². The van der Waals surface area contributed by atoms with Gasteiger partial charge in [0.2, 0.25) is 0 Å². The normalized spacial score (nSPS) is 18.9. The summed E-state index contributed by atoms with van der Waals surface area (Å²) in [5.74, 6) is 0.956. The molecular formula is C14H19ClN6S. The maximum atomic E-state index is 6.10. The van der Waals surface area contributed by atoms with Crippen LogP contribution in [0.3, 0.4) is 0 Å². The van der Waals surface area contributed by atoms with Gasteiger partial charge in [-0.15, -0.1) is 10.2 Å². The number of aryl methyl sites for hydroxylation is 1. The van der Waals surface area contributed by atoms with E-state index in [1.54, 1.807) is 0 Å². The highest BCUT2D eigenvalue weighted by molar-refractivity contribution is 7.10. The van der Waals surface area contributed by atoms with Crippen LogP contribution in [0.5, 0.6) is 0 Å². The molecule has 1 saturated heterocycles. The van der Waals surface area contributed by atoms with E-state index in [0.29, 0.717) is 10.4 Å². The van der Waals surface area contributed by atoms with E-state index in [0.717, 1.165) is 43.3 Å². The zero-order valence-corrected chi connectivity index (χ0v) is 14.3. The largest absolute Gasteiger partial charge is 0.354 e. The molecule has 2 aromatic heterocycles. The Kier molecular flexibility index (Phi) is 4.85. The fraction of sp³-hybridized carbons (Fsp3) is 0.571. The third kappa shape index (κ3) is 3.53. The Morgan fingerprint density at radius 3 is 2.91 bits per heavy atom. The Balaban J connectivity index is 1.65. The predicted octanol–water partition coefficient (Wildman–Crippen LogP) is 2.39. The highest BCUT2D eigenvalue weighted by Crippen LogP contribution is 2.23. The van der Waals surface area contributed by atoms with Crippen LogP contribution in [0.15, 0.2) is 12.1 Å². The van der Waals surface area contributed by atoms with Crippen molar-refractivity contribution in [2.75, 3.05) is 25.0 Å².